The number of carbonyl (C=O) groups excluding carboxylic acids is 1. The zero-order valence-electron chi connectivity index (χ0n) is 11.9. The molecular weight excluding hydrogens is 292 g/mol. The molecule has 2 heterocycles. The van der Waals surface area contributed by atoms with Crippen LogP contribution in [0.25, 0.3) is 0 Å². The first kappa shape index (κ1) is 15.1. The number of aryl methyl sites for hydroxylation is 1. The topological polar surface area (TPSA) is 46.3 Å². The fourth-order valence-electron chi connectivity index (χ4n) is 1.84. The quantitative estimate of drug-likeness (QED) is 0.822. The van der Waals surface area contributed by atoms with Crippen molar-refractivity contribution in [2.45, 2.75) is 19.1 Å². The Labute approximate surface area is 127 Å². The summed E-state index contributed by atoms with van der Waals surface area (Å²) in [7, 11) is 1.80. The molecule has 0 unspecified atom stereocenters. The van der Waals surface area contributed by atoms with Gasteiger partial charge in [-0.15, -0.1) is 11.3 Å². The molecule has 0 aliphatic heterocycles. The molecule has 0 saturated carbocycles. The first-order valence-electron chi connectivity index (χ1n) is 6.34. The predicted molar refractivity (Wildman–Crippen MR) is 83.4 cm³/mol. The molecule has 0 aliphatic rings. The summed E-state index contributed by atoms with van der Waals surface area (Å²) in [6.07, 6.45) is 2.84. The number of hydrogen-bond donors (Lipinski definition) is 0. The van der Waals surface area contributed by atoms with Crippen molar-refractivity contribution in [1.29, 1.82) is 0 Å². The molecule has 1 amide bonds. The van der Waals surface area contributed by atoms with Gasteiger partial charge in [0.2, 0.25) is 0 Å². The van der Waals surface area contributed by atoms with Crippen LogP contribution in [0.15, 0.2) is 22.1 Å². The van der Waals surface area contributed by atoms with E-state index in [1.165, 1.54) is 4.88 Å². The summed E-state index contributed by atoms with van der Waals surface area (Å²) in [5, 5.41) is 0. The standard InChI is InChI=1S/C14H18N2O2S2/c1-10-13(20-9-15-10)6-7-16(2)14(17)12-5-4-11(18-12)8-19-3/h4-5,9H,6-8H2,1-3H3. The largest absolute Gasteiger partial charge is 0.455 e. The van der Waals surface area contributed by atoms with Gasteiger partial charge in [-0.05, 0) is 25.3 Å². The summed E-state index contributed by atoms with van der Waals surface area (Å²) in [5.74, 6) is 1.97. The van der Waals surface area contributed by atoms with E-state index < -0.39 is 0 Å². The molecule has 0 fully saturated rings. The van der Waals surface area contributed by atoms with E-state index in [-0.39, 0.29) is 5.91 Å². The lowest BCUT2D eigenvalue weighted by Gasteiger charge is -2.15. The zero-order chi connectivity index (χ0) is 14.5. The molecule has 0 bridgehead atoms. The molecule has 0 N–H and O–H groups in total. The lowest BCUT2D eigenvalue weighted by molar-refractivity contribution is 0.0764. The second-order valence-electron chi connectivity index (χ2n) is 4.54. The van der Waals surface area contributed by atoms with E-state index in [2.05, 4.69) is 4.98 Å². The minimum absolute atomic E-state index is 0.0699. The van der Waals surface area contributed by atoms with E-state index in [9.17, 15) is 4.79 Å². The molecule has 0 aromatic carbocycles. The Balaban J connectivity index is 1.92. The normalized spacial score (nSPS) is 10.8. The van der Waals surface area contributed by atoms with E-state index in [1.807, 2.05) is 24.8 Å². The van der Waals surface area contributed by atoms with Crippen LogP contribution in [-0.4, -0.2) is 35.6 Å². The molecular formula is C14H18N2O2S2. The fourth-order valence-corrected chi connectivity index (χ4v) is 3.05. The number of rotatable bonds is 6. The Morgan fingerprint density at radius 3 is 2.95 bits per heavy atom. The molecule has 2 aromatic rings. The monoisotopic (exact) mass is 310 g/mol. The summed E-state index contributed by atoms with van der Waals surface area (Å²) in [4.78, 5) is 19.4. The Hall–Kier alpha value is -1.27. The van der Waals surface area contributed by atoms with Crippen molar-refractivity contribution in [3.8, 4) is 0 Å². The van der Waals surface area contributed by atoms with Crippen LogP contribution in [0, 0.1) is 6.92 Å². The van der Waals surface area contributed by atoms with Gasteiger partial charge >= 0.3 is 0 Å². The van der Waals surface area contributed by atoms with E-state index in [0.29, 0.717) is 12.3 Å². The molecule has 0 spiro atoms. The van der Waals surface area contributed by atoms with Crippen LogP contribution in [0.3, 0.4) is 0 Å². The third-order valence-corrected chi connectivity index (χ3v) is 4.59. The molecule has 0 radical (unpaired) electrons. The molecule has 2 rings (SSSR count). The smallest absolute Gasteiger partial charge is 0.289 e. The molecule has 0 aliphatic carbocycles. The summed E-state index contributed by atoms with van der Waals surface area (Å²) < 4.78 is 5.55. The van der Waals surface area contributed by atoms with Gasteiger partial charge in [-0.2, -0.15) is 11.8 Å². The Bertz CT molecular complexity index is 577. The number of furan rings is 1. The van der Waals surface area contributed by atoms with Crippen molar-refractivity contribution in [2.24, 2.45) is 0 Å². The number of nitrogens with zero attached hydrogens (tertiary/aromatic N) is 2. The Morgan fingerprint density at radius 2 is 2.30 bits per heavy atom. The first-order chi connectivity index (χ1) is 9.61. The number of likely N-dealkylation sites (N-methyl/N-ethyl adjacent to an activating group) is 1. The first-order valence-corrected chi connectivity index (χ1v) is 8.61. The van der Waals surface area contributed by atoms with Crippen LogP contribution < -0.4 is 0 Å². The lowest BCUT2D eigenvalue weighted by atomic mass is 10.3. The number of thioether (sulfide) groups is 1. The molecule has 6 heteroatoms. The Morgan fingerprint density at radius 1 is 1.50 bits per heavy atom. The molecule has 2 aromatic heterocycles. The highest BCUT2D eigenvalue weighted by Crippen LogP contribution is 2.16. The van der Waals surface area contributed by atoms with Crippen LogP contribution in [0.2, 0.25) is 0 Å². The van der Waals surface area contributed by atoms with Crippen LogP contribution in [-0.2, 0) is 12.2 Å². The summed E-state index contributed by atoms with van der Waals surface area (Å²) in [6, 6.07) is 3.62. The molecule has 0 saturated heterocycles. The predicted octanol–water partition coefficient (Wildman–Crippen LogP) is 3.22. The van der Waals surface area contributed by atoms with Crippen molar-refractivity contribution in [1.82, 2.24) is 9.88 Å². The van der Waals surface area contributed by atoms with Gasteiger partial charge in [-0.1, -0.05) is 0 Å². The summed E-state index contributed by atoms with van der Waals surface area (Å²) >= 11 is 3.31. The summed E-state index contributed by atoms with van der Waals surface area (Å²) in [6.45, 7) is 2.66. The van der Waals surface area contributed by atoms with Crippen molar-refractivity contribution >= 4 is 29.0 Å². The number of hydrogen-bond acceptors (Lipinski definition) is 5. The second kappa shape index (κ2) is 6.95. The van der Waals surface area contributed by atoms with Crippen molar-refractivity contribution in [3.05, 3.63) is 39.7 Å². The highest BCUT2D eigenvalue weighted by atomic mass is 32.2. The van der Waals surface area contributed by atoms with Gasteiger partial charge in [0.25, 0.3) is 5.91 Å². The SMILES string of the molecule is CSCc1ccc(C(=O)N(C)CCc2scnc2C)o1. The van der Waals surface area contributed by atoms with Crippen molar-refractivity contribution in [2.75, 3.05) is 19.8 Å². The average molecular weight is 310 g/mol. The third-order valence-electron chi connectivity index (χ3n) is 3.02. The van der Waals surface area contributed by atoms with E-state index in [1.54, 1.807) is 41.1 Å². The van der Waals surface area contributed by atoms with Crippen LogP contribution in [0.5, 0.6) is 0 Å². The molecule has 108 valence electrons. The van der Waals surface area contributed by atoms with Gasteiger partial charge in [-0.25, -0.2) is 4.98 Å². The maximum absolute atomic E-state index is 12.2. The molecule has 4 nitrogen and oxygen atoms in total. The molecule has 20 heavy (non-hydrogen) atoms. The van der Waals surface area contributed by atoms with Crippen LogP contribution in [0.4, 0.5) is 0 Å². The number of aromatic nitrogens is 1. The van der Waals surface area contributed by atoms with Crippen molar-refractivity contribution < 1.29 is 9.21 Å². The maximum Gasteiger partial charge on any atom is 0.289 e. The number of amides is 1. The maximum atomic E-state index is 12.2. The fraction of sp³-hybridized carbons (Fsp3) is 0.429. The minimum atomic E-state index is -0.0699. The molecule has 0 atom stereocenters. The minimum Gasteiger partial charge on any atom is -0.455 e. The highest BCUT2D eigenvalue weighted by Gasteiger charge is 2.16. The Kier molecular flexibility index (Phi) is 5.25. The van der Waals surface area contributed by atoms with Gasteiger partial charge in [-0.3, -0.25) is 4.79 Å². The third kappa shape index (κ3) is 3.64. The average Bonchev–Trinajstić information content (AvgIpc) is 3.05. The van der Waals surface area contributed by atoms with Gasteiger partial charge in [0.05, 0.1) is 17.0 Å². The zero-order valence-corrected chi connectivity index (χ0v) is 13.5. The van der Waals surface area contributed by atoms with Gasteiger partial charge in [0.15, 0.2) is 5.76 Å². The summed E-state index contributed by atoms with van der Waals surface area (Å²) in [5.41, 5.74) is 2.89. The van der Waals surface area contributed by atoms with Crippen molar-refractivity contribution in [3.63, 3.8) is 0 Å². The van der Waals surface area contributed by atoms with Crippen LogP contribution >= 0.6 is 23.1 Å². The van der Waals surface area contributed by atoms with Gasteiger partial charge in [0, 0.05) is 24.9 Å². The van der Waals surface area contributed by atoms with Gasteiger partial charge < -0.3 is 9.32 Å². The number of carbonyl (C=O) groups is 1. The van der Waals surface area contributed by atoms with E-state index >= 15 is 0 Å². The second-order valence-corrected chi connectivity index (χ2v) is 6.34. The highest BCUT2D eigenvalue weighted by molar-refractivity contribution is 7.97. The lowest BCUT2D eigenvalue weighted by Crippen LogP contribution is -2.28. The van der Waals surface area contributed by atoms with E-state index in [4.69, 9.17) is 4.42 Å². The van der Waals surface area contributed by atoms with Crippen LogP contribution in [0.1, 0.15) is 26.9 Å². The van der Waals surface area contributed by atoms with E-state index in [0.717, 1.165) is 23.6 Å². The van der Waals surface area contributed by atoms with Gasteiger partial charge in [0.1, 0.15) is 5.76 Å². The number of thiazole rings is 1.